The second-order valence-corrected chi connectivity index (χ2v) is 3.33. The highest BCUT2D eigenvalue weighted by molar-refractivity contribution is 5.17. The summed E-state index contributed by atoms with van der Waals surface area (Å²) in [7, 11) is 1.95. The van der Waals surface area contributed by atoms with Crippen LogP contribution in [0.4, 0.5) is 0 Å². The summed E-state index contributed by atoms with van der Waals surface area (Å²) in [4.78, 5) is 0. The zero-order chi connectivity index (χ0) is 10.2. The highest BCUT2D eigenvalue weighted by atomic mass is 16.5. The zero-order valence-electron chi connectivity index (χ0n) is 8.99. The second-order valence-electron chi connectivity index (χ2n) is 3.33. The van der Waals surface area contributed by atoms with Crippen molar-refractivity contribution in [2.75, 3.05) is 20.2 Å². The molecular formula is C12H19NO. The van der Waals surface area contributed by atoms with Gasteiger partial charge < -0.3 is 10.1 Å². The molecule has 78 valence electrons. The number of ether oxygens (including phenoxy) is 1. The lowest BCUT2D eigenvalue weighted by molar-refractivity contribution is 0.0543. The van der Waals surface area contributed by atoms with E-state index in [1.807, 2.05) is 25.2 Å². The molecule has 1 aromatic rings. The summed E-state index contributed by atoms with van der Waals surface area (Å²) in [5, 5.41) is 3.15. The third kappa shape index (κ3) is 3.48. The van der Waals surface area contributed by atoms with Crippen molar-refractivity contribution in [3.8, 4) is 0 Å². The van der Waals surface area contributed by atoms with Gasteiger partial charge in [0.1, 0.15) is 0 Å². The molecule has 2 heteroatoms. The summed E-state index contributed by atoms with van der Waals surface area (Å²) in [5.41, 5.74) is 1.25. The lowest BCUT2D eigenvalue weighted by Crippen LogP contribution is -2.20. The number of nitrogens with one attached hydrogen (secondary N) is 1. The Morgan fingerprint density at radius 2 is 2.00 bits per heavy atom. The van der Waals surface area contributed by atoms with Gasteiger partial charge in [0.15, 0.2) is 0 Å². The first-order valence-corrected chi connectivity index (χ1v) is 5.19. The van der Waals surface area contributed by atoms with Crippen LogP contribution in [0.3, 0.4) is 0 Å². The van der Waals surface area contributed by atoms with Crippen LogP contribution < -0.4 is 5.32 Å². The molecule has 2 nitrogen and oxygen atoms in total. The molecule has 1 unspecified atom stereocenters. The van der Waals surface area contributed by atoms with Crippen LogP contribution in [-0.4, -0.2) is 20.2 Å². The lowest BCUT2D eigenvalue weighted by Gasteiger charge is -2.17. The first kappa shape index (κ1) is 11.2. The van der Waals surface area contributed by atoms with E-state index in [1.54, 1.807) is 0 Å². The number of hydrogen-bond donors (Lipinski definition) is 1. The Kier molecular flexibility index (Phi) is 5.27. The van der Waals surface area contributed by atoms with Crippen LogP contribution in [-0.2, 0) is 4.74 Å². The van der Waals surface area contributed by atoms with Crippen molar-refractivity contribution in [3.05, 3.63) is 35.9 Å². The maximum atomic E-state index is 5.76. The minimum atomic E-state index is 0.182. The Morgan fingerprint density at radius 1 is 1.29 bits per heavy atom. The number of likely N-dealkylation sites (N-methyl/N-ethyl adjacent to an activating group) is 1. The van der Waals surface area contributed by atoms with Gasteiger partial charge in [-0.05, 0) is 19.0 Å². The fourth-order valence-corrected chi connectivity index (χ4v) is 1.39. The van der Waals surface area contributed by atoms with Gasteiger partial charge >= 0.3 is 0 Å². The van der Waals surface area contributed by atoms with Gasteiger partial charge in [0.25, 0.3) is 0 Å². The maximum Gasteiger partial charge on any atom is 0.0949 e. The molecule has 0 saturated heterocycles. The monoisotopic (exact) mass is 193 g/mol. The molecule has 0 aliphatic heterocycles. The van der Waals surface area contributed by atoms with Gasteiger partial charge in [-0.15, -0.1) is 0 Å². The lowest BCUT2D eigenvalue weighted by atomic mass is 10.1. The van der Waals surface area contributed by atoms with Gasteiger partial charge in [-0.1, -0.05) is 37.3 Å². The largest absolute Gasteiger partial charge is 0.372 e. The second kappa shape index (κ2) is 6.57. The highest BCUT2D eigenvalue weighted by Crippen LogP contribution is 2.16. The standard InChI is InChI=1S/C12H19NO/c1-3-9-14-12(10-13-2)11-7-5-4-6-8-11/h4-8,12-13H,3,9-10H2,1-2H3. The molecule has 0 spiro atoms. The summed E-state index contributed by atoms with van der Waals surface area (Å²) in [6.07, 6.45) is 1.24. The fraction of sp³-hybridized carbons (Fsp3) is 0.500. The van der Waals surface area contributed by atoms with Crippen molar-refractivity contribution in [1.82, 2.24) is 5.32 Å². The predicted octanol–water partition coefficient (Wildman–Crippen LogP) is 2.37. The zero-order valence-corrected chi connectivity index (χ0v) is 8.99. The topological polar surface area (TPSA) is 21.3 Å². The van der Waals surface area contributed by atoms with E-state index >= 15 is 0 Å². The van der Waals surface area contributed by atoms with E-state index in [2.05, 4.69) is 24.4 Å². The van der Waals surface area contributed by atoms with E-state index in [4.69, 9.17) is 4.74 Å². The minimum absolute atomic E-state index is 0.182. The fourth-order valence-electron chi connectivity index (χ4n) is 1.39. The molecule has 1 N–H and O–H groups in total. The van der Waals surface area contributed by atoms with Gasteiger partial charge in [-0.3, -0.25) is 0 Å². The van der Waals surface area contributed by atoms with Gasteiger partial charge in [0.2, 0.25) is 0 Å². The van der Waals surface area contributed by atoms with Crippen molar-refractivity contribution >= 4 is 0 Å². The Labute approximate surface area is 86.3 Å². The first-order valence-electron chi connectivity index (χ1n) is 5.19. The smallest absolute Gasteiger partial charge is 0.0949 e. The SMILES string of the molecule is CCCOC(CNC)c1ccccc1. The van der Waals surface area contributed by atoms with E-state index in [-0.39, 0.29) is 6.10 Å². The van der Waals surface area contributed by atoms with Crippen LogP contribution in [0.25, 0.3) is 0 Å². The van der Waals surface area contributed by atoms with Crippen molar-refractivity contribution in [3.63, 3.8) is 0 Å². The molecule has 0 heterocycles. The molecule has 1 rings (SSSR count). The minimum Gasteiger partial charge on any atom is -0.372 e. The Bertz CT molecular complexity index is 235. The third-order valence-corrected chi connectivity index (χ3v) is 2.08. The number of hydrogen-bond acceptors (Lipinski definition) is 2. The molecule has 1 aromatic carbocycles. The van der Waals surface area contributed by atoms with E-state index in [1.165, 1.54) is 5.56 Å². The predicted molar refractivity (Wildman–Crippen MR) is 59.4 cm³/mol. The van der Waals surface area contributed by atoms with E-state index < -0.39 is 0 Å². The third-order valence-electron chi connectivity index (χ3n) is 2.08. The highest BCUT2D eigenvalue weighted by Gasteiger charge is 2.09. The Hall–Kier alpha value is -0.860. The summed E-state index contributed by atoms with van der Waals surface area (Å²) >= 11 is 0. The average molecular weight is 193 g/mol. The number of rotatable bonds is 6. The molecule has 0 amide bonds. The van der Waals surface area contributed by atoms with Gasteiger partial charge in [-0.2, -0.15) is 0 Å². The number of benzene rings is 1. The van der Waals surface area contributed by atoms with E-state index in [9.17, 15) is 0 Å². The summed E-state index contributed by atoms with van der Waals surface area (Å²) in [6, 6.07) is 10.3. The maximum absolute atomic E-state index is 5.76. The molecule has 0 saturated carbocycles. The molecule has 0 bridgehead atoms. The van der Waals surface area contributed by atoms with E-state index in [0.717, 1.165) is 19.6 Å². The van der Waals surface area contributed by atoms with Gasteiger partial charge in [0, 0.05) is 13.2 Å². The molecule has 0 radical (unpaired) electrons. The summed E-state index contributed by atoms with van der Waals surface area (Å²) < 4.78 is 5.76. The van der Waals surface area contributed by atoms with Crippen molar-refractivity contribution in [2.45, 2.75) is 19.4 Å². The normalized spacial score (nSPS) is 12.7. The molecule has 0 fully saturated rings. The van der Waals surface area contributed by atoms with Crippen LogP contribution in [0.2, 0.25) is 0 Å². The molecule has 0 aliphatic rings. The Balaban J connectivity index is 2.58. The van der Waals surface area contributed by atoms with E-state index in [0.29, 0.717) is 0 Å². The molecule has 14 heavy (non-hydrogen) atoms. The van der Waals surface area contributed by atoms with Crippen LogP contribution in [0.5, 0.6) is 0 Å². The van der Waals surface area contributed by atoms with Crippen molar-refractivity contribution in [2.24, 2.45) is 0 Å². The summed E-state index contributed by atoms with van der Waals surface area (Å²) in [6.45, 7) is 3.81. The van der Waals surface area contributed by atoms with Crippen LogP contribution in [0, 0.1) is 0 Å². The van der Waals surface area contributed by atoms with Gasteiger partial charge in [0.05, 0.1) is 6.10 Å². The van der Waals surface area contributed by atoms with Crippen molar-refractivity contribution in [1.29, 1.82) is 0 Å². The van der Waals surface area contributed by atoms with Crippen molar-refractivity contribution < 1.29 is 4.74 Å². The average Bonchev–Trinajstić information content (AvgIpc) is 2.25. The first-order chi connectivity index (χ1) is 6.88. The van der Waals surface area contributed by atoms with Gasteiger partial charge in [-0.25, -0.2) is 0 Å². The Morgan fingerprint density at radius 3 is 2.57 bits per heavy atom. The molecule has 0 aromatic heterocycles. The molecule has 0 aliphatic carbocycles. The van der Waals surface area contributed by atoms with Crippen LogP contribution in [0.1, 0.15) is 25.0 Å². The van der Waals surface area contributed by atoms with Crippen LogP contribution >= 0.6 is 0 Å². The molecule has 1 atom stereocenters. The summed E-state index contributed by atoms with van der Waals surface area (Å²) in [5.74, 6) is 0. The van der Waals surface area contributed by atoms with Crippen LogP contribution in [0.15, 0.2) is 30.3 Å². The molecular weight excluding hydrogens is 174 g/mol. The quantitative estimate of drug-likeness (QED) is 0.749.